The highest BCUT2D eigenvalue weighted by atomic mass is 35.5. The summed E-state index contributed by atoms with van der Waals surface area (Å²) in [5.41, 5.74) is 0.844. The van der Waals surface area contributed by atoms with Crippen molar-refractivity contribution >= 4 is 17.3 Å². The highest BCUT2D eigenvalue weighted by Gasteiger charge is 2.26. The second kappa shape index (κ2) is 6.52. The van der Waals surface area contributed by atoms with E-state index in [2.05, 4.69) is 4.90 Å². The van der Waals surface area contributed by atoms with Crippen LogP contribution in [0.1, 0.15) is 31.2 Å². The first-order valence-corrected chi connectivity index (χ1v) is 7.18. The molecule has 0 bridgehead atoms. The molecule has 110 valence electrons. The van der Waals surface area contributed by atoms with Crippen molar-refractivity contribution in [2.45, 2.75) is 44.4 Å². The molecule has 5 nitrogen and oxygen atoms in total. The Morgan fingerprint density at radius 2 is 2.15 bits per heavy atom. The van der Waals surface area contributed by atoms with Gasteiger partial charge in [0, 0.05) is 24.7 Å². The van der Waals surface area contributed by atoms with Crippen LogP contribution in [0.5, 0.6) is 0 Å². The summed E-state index contributed by atoms with van der Waals surface area (Å²) in [6, 6.07) is 4.66. The van der Waals surface area contributed by atoms with Gasteiger partial charge in [-0.15, -0.1) is 0 Å². The fourth-order valence-electron chi connectivity index (χ4n) is 2.77. The maximum absolute atomic E-state index is 10.7. The number of rotatable bonds is 4. The van der Waals surface area contributed by atoms with Gasteiger partial charge >= 0.3 is 0 Å². The molecule has 0 aromatic heterocycles. The molecule has 1 aromatic rings. The smallest absolute Gasteiger partial charge is 0.270 e. The van der Waals surface area contributed by atoms with E-state index in [1.165, 1.54) is 12.1 Å². The third kappa shape index (κ3) is 3.48. The van der Waals surface area contributed by atoms with Crippen LogP contribution in [-0.2, 0) is 6.54 Å². The molecule has 20 heavy (non-hydrogen) atoms. The number of non-ortho nitro benzene ring substituents is 1. The van der Waals surface area contributed by atoms with E-state index in [4.69, 9.17) is 11.6 Å². The summed E-state index contributed by atoms with van der Waals surface area (Å²) in [5.74, 6) is 0. The van der Waals surface area contributed by atoms with Crippen molar-refractivity contribution < 1.29 is 10.0 Å². The Kier molecular flexibility index (Phi) is 4.96. The predicted molar refractivity (Wildman–Crippen MR) is 77.8 cm³/mol. The minimum absolute atomic E-state index is 0.000829. The van der Waals surface area contributed by atoms with Gasteiger partial charge in [0.05, 0.1) is 16.0 Å². The lowest BCUT2D eigenvalue weighted by Crippen LogP contribution is -2.42. The summed E-state index contributed by atoms with van der Waals surface area (Å²) >= 11 is 6.10. The molecule has 0 radical (unpaired) electrons. The van der Waals surface area contributed by atoms with Crippen LogP contribution in [0, 0.1) is 10.1 Å². The predicted octanol–water partition coefficient (Wildman–Crippen LogP) is 2.98. The van der Waals surface area contributed by atoms with Crippen molar-refractivity contribution in [3.05, 3.63) is 38.9 Å². The number of hydrogen-bond acceptors (Lipinski definition) is 4. The number of halogens is 1. The van der Waals surface area contributed by atoms with Crippen molar-refractivity contribution in [3.8, 4) is 0 Å². The lowest BCUT2D eigenvalue weighted by Gasteiger charge is -2.35. The molecule has 2 unspecified atom stereocenters. The molecule has 0 saturated heterocycles. The van der Waals surface area contributed by atoms with Gasteiger partial charge in [0.15, 0.2) is 0 Å². The zero-order valence-corrected chi connectivity index (χ0v) is 12.2. The molecule has 0 aliphatic heterocycles. The second-order valence-electron chi connectivity index (χ2n) is 5.37. The molecule has 1 aliphatic carbocycles. The van der Waals surface area contributed by atoms with Crippen LogP contribution in [0.25, 0.3) is 0 Å². The average molecular weight is 299 g/mol. The second-order valence-corrected chi connectivity index (χ2v) is 5.77. The zero-order chi connectivity index (χ0) is 14.7. The van der Waals surface area contributed by atoms with E-state index in [1.807, 2.05) is 7.05 Å². The Morgan fingerprint density at radius 3 is 2.75 bits per heavy atom. The summed E-state index contributed by atoms with van der Waals surface area (Å²) in [4.78, 5) is 12.3. The lowest BCUT2D eigenvalue weighted by molar-refractivity contribution is -0.384. The third-order valence-corrected chi connectivity index (χ3v) is 4.28. The molecule has 0 heterocycles. The van der Waals surface area contributed by atoms with E-state index >= 15 is 0 Å². The van der Waals surface area contributed by atoms with E-state index in [0.29, 0.717) is 11.6 Å². The van der Waals surface area contributed by atoms with Crippen LogP contribution in [0.2, 0.25) is 5.02 Å². The summed E-state index contributed by atoms with van der Waals surface area (Å²) in [7, 11) is 1.96. The van der Waals surface area contributed by atoms with Gasteiger partial charge in [-0.2, -0.15) is 0 Å². The topological polar surface area (TPSA) is 66.6 Å². The molecular formula is C14H19ClN2O3. The molecule has 1 aromatic carbocycles. The molecule has 1 aliphatic rings. The highest BCUT2D eigenvalue weighted by Crippen LogP contribution is 2.27. The van der Waals surface area contributed by atoms with Crippen LogP contribution in [0.3, 0.4) is 0 Å². The largest absolute Gasteiger partial charge is 0.391 e. The number of likely N-dealkylation sites (N-methyl/N-ethyl adjacent to an activating group) is 1. The van der Waals surface area contributed by atoms with Crippen LogP contribution in [-0.4, -0.2) is 34.1 Å². The van der Waals surface area contributed by atoms with Crippen LogP contribution < -0.4 is 0 Å². The lowest BCUT2D eigenvalue weighted by atomic mass is 9.91. The summed E-state index contributed by atoms with van der Waals surface area (Å²) in [6.45, 7) is 0.582. The van der Waals surface area contributed by atoms with Gasteiger partial charge < -0.3 is 5.11 Å². The minimum atomic E-state index is -0.454. The first-order chi connectivity index (χ1) is 9.49. The summed E-state index contributed by atoms with van der Waals surface area (Å²) in [6.07, 6.45) is 3.71. The fraction of sp³-hybridized carbons (Fsp3) is 0.571. The number of aliphatic hydroxyl groups is 1. The molecule has 0 amide bonds. The third-order valence-electron chi connectivity index (χ3n) is 3.93. The summed E-state index contributed by atoms with van der Waals surface area (Å²) < 4.78 is 0. The maximum Gasteiger partial charge on any atom is 0.270 e. The number of benzene rings is 1. The van der Waals surface area contributed by atoms with E-state index in [0.717, 1.165) is 31.2 Å². The van der Waals surface area contributed by atoms with Gasteiger partial charge in [0.25, 0.3) is 5.69 Å². The number of hydrogen-bond donors (Lipinski definition) is 1. The van der Waals surface area contributed by atoms with Crippen molar-refractivity contribution in [2.75, 3.05) is 7.05 Å². The van der Waals surface area contributed by atoms with E-state index in [9.17, 15) is 15.2 Å². The minimum Gasteiger partial charge on any atom is -0.391 e. The van der Waals surface area contributed by atoms with Crippen LogP contribution in [0.15, 0.2) is 18.2 Å². The van der Waals surface area contributed by atoms with Crippen LogP contribution in [0.4, 0.5) is 5.69 Å². The van der Waals surface area contributed by atoms with Gasteiger partial charge in [0.1, 0.15) is 0 Å². The SMILES string of the molecule is CN(Cc1ccc([N+](=O)[O-])cc1Cl)C1CCCCC1O. The van der Waals surface area contributed by atoms with E-state index in [-0.39, 0.29) is 17.8 Å². The fourth-order valence-corrected chi connectivity index (χ4v) is 3.00. The number of nitrogens with zero attached hydrogens (tertiary/aromatic N) is 2. The number of aliphatic hydroxyl groups excluding tert-OH is 1. The molecule has 1 saturated carbocycles. The monoisotopic (exact) mass is 298 g/mol. The first kappa shape index (κ1) is 15.2. The zero-order valence-electron chi connectivity index (χ0n) is 11.5. The molecule has 6 heteroatoms. The van der Waals surface area contributed by atoms with Gasteiger partial charge in [-0.25, -0.2) is 0 Å². The van der Waals surface area contributed by atoms with Crippen molar-refractivity contribution in [2.24, 2.45) is 0 Å². The average Bonchev–Trinajstić information content (AvgIpc) is 2.41. The molecule has 1 N–H and O–H groups in total. The van der Waals surface area contributed by atoms with Crippen LogP contribution >= 0.6 is 11.6 Å². The van der Waals surface area contributed by atoms with Crippen molar-refractivity contribution in [1.82, 2.24) is 4.90 Å². The van der Waals surface area contributed by atoms with E-state index in [1.54, 1.807) is 6.07 Å². The quantitative estimate of drug-likeness (QED) is 0.685. The Balaban J connectivity index is 2.07. The number of nitro benzene ring substituents is 1. The van der Waals surface area contributed by atoms with Gasteiger partial charge in [-0.05, 0) is 31.5 Å². The maximum atomic E-state index is 10.7. The van der Waals surface area contributed by atoms with Crippen molar-refractivity contribution in [3.63, 3.8) is 0 Å². The molecule has 0 spiro atoms. The normalized spacial score (nSPS) is 23.0. The van der Waals surface area contributed by atoms with Gasteiger partial charge in [-0.3, -0.25) is 15.0 Å². The van der Waals surface area contributed by atoms with Gasteiger partial charge in [-0.1, -0.05) is 24.4 Å². The standard InChI is InChI=1S/C14H19ClN2O3/c1-16(13-4-2-3-5-14(13)18)9-10-6-7-11(17(19)20)8-12(10)15/h6-8,13-14,18H,2-5,9H2,1H3. The molecular weight excluding hydrogens is 280 g/mol. The first-order valence-electron chi connectivity index (χ1n) is 6.80. The Bertz CT molecular complexity index is 495. The molecule has 2 atom stereocenters. The highest BCUT2D eigenvalue weighted by molar-refractivity contribution is 6.31. The molecule has 1 fully saturated rings. The molecule has 2 rings (SSSR count). The number of nitro groups is 1. The Hall–Kier alpha value is -1.17. The van der Waals surface area contributed by atoms with E-state index < -0.39 is 4.92 Å². The van der Waals surface area contributed by atoms with Crippen molar-refractivity contribution in [1.29, 1.82) is 0 Å². The summed E-state index contributed by atoms with van der Waals surface area (Å²) in [5, 5.41) is 21.1. The Labute approximate surface area is 123 Å². The Morgan fingerprint density at radius 1 is 1.45 bits per heavy atom. The van der Waals surface area contributed by atoms with Gasteiger partial charge in [0.2, 0.25) is 0 Å².